The molecule has 0 bridgehead atoms. The van der Waals surface area contributed by atoms with E-state index in [4.69, 9.17) is 4.98 Å². The molecule has 0 aliphatic heterocycles. The number of imidazole rings is 1. The van der Waals surface area contributed by atoms with Crippen molar-refractivity contribution in [1.29, 1.82) is 5.26 Å². The van der Waals surface area contributed by atoms with Gasteiger partial charge >= 0.3 is 0 Å². The first-order valence-corrected chi connectivity index (χ1v) is 9.93. The number of hydrogen-bond donors (Lipinski definition) is 0. The maximum Gasteiger partial charge on any atom is 0.133 e. The SMILES string of the molecule is CCc1c(C#N)ccc2nc(CCCC(=O)CC(C)(C)C)n(C(C)(C)C)c12. The molecule has 1 aromatic heterocycles. The highest BCUT2D eigenvalue weighted by Crippen LogP contribution is 2.31. The lowest BCUT2D eigenvalue weighted by molar-refractivity contribution is -0.120. The maximum atomic E-state index is 12.2. The second-order valence-electron chi connectivity index (χ2n) is 9.59. The summed E-state index contributed by atoms with van der Waals surface area (Å²) in [4.78, 5) is 17.1. The van der Waals surface area contributed by atoms with Crippen LogP contribution in [0.5, 0.6) is 0 Å². The Balaban J connectivity index is 2.37. The zero-order chi connectivity index (χ0) is 20.4. The van der Waals surface area contributed by atoms with Crippen molar-refractivity contribution < 1.29 is 4.79 Å². The molecule has 1 heterocycles. The van der Waals surface area contributed by atoms with Crippen LogP contribution in [0.3, 0.4) is 0 Å². The van der Waals surface area contributed by atoms with Gasteiger partial charge in [0.05, 0.1) is 22.7 Å². The standard InChI is InChI=1S/C23H33N3O/c1-8-18-16(15-24)12-13-19-21(18)26(23(5,6)7)20(25-19)11-9-10-17(27)14-22(2,3)4/h12-13H,8-11,14H2,1-7H3. The fourth-order valence-corrected chi connectivity index (χ4v) is 3.76. The minimum Gasteiger partial charge on any atom is -0.322 e. The molecular weight excluding hydrogens is 334 g/mol. The number of rotatable bonds is 6. The van der Waals surface area contributed by atoms with E-state index in [1.165, 1.54) is 0 Å². The van der Waals surface area contributed by atoms with E-state index in [2.05, 4.69) is 59.1 Å². The number of carbonyl (C=O) groups excluding carboxylic acids is 1. The van der Waals surface area contributed by atoms with Crippen LogP contribution in [0, 0.1) is 16.7 Å². The monoisotopic (exact) mass is 367 g/mol. The Bertz CT molecular complexity index is 870. The summed E-state index contributed by atoms with van der Waals surface area (Å²) < 4.78 is 2.27. The van der Waals surface area contributed by atoms with Gasteiger partial charge in [-0.25, -0.2) is 4.98 Å². The van der Waals surface area contributed by atoms with Gasteiger partial charge in [-0.15, -0.1) is 0 Å². The van der Waals surface area contributed by atoms with Gasteiger partial charge in [-0.05, 0) is 56.7 Å². The quantitative estimate of drug-likeness (QED) is 0.672. The molecule has 146 valence electrons. The minimum absolute atomic E-state index is 0.0410. The number of ketones is 1. The Morgan fingerprint density at radius 1 is 1.19 bits per heavy atom. The Hall–Kier alpha value is -2.15. The van der Waals surface area contributed by atoms with Gasteiger partial charge in [0.15, 0.2) is 0 Å². The van der Waals surface area contributed by atoms with Crippen molar-refractivity contribution in [2.24, 2.45) is 5.41 Å². The molecular formula is C23H33N3O. The summed E-state index contributed by atoms with van der Waals surface area (Å²) in [5.41, 5.74) is 3.70. The molecule has 0 radical (unpaired) electrons. The molecule has 0 amide bonds. The lowest BCUT2D eigenvalue weighted by Crippen LogP contribution is -2.25. The predicted molar refractivity (Wildman–Crippen MR) is 111 cm³/mol. The molecule has 4 nitrogen and oxygen atoms in total. The molecule has 0 aliphatic rings. The Labute approximate surface area is 163 Å². The summed E-state index contributed by atoms with van der Waals surface area (Å²) >= 11 is 0. The third-order valence-corrected chi connectivity index (χ3v) is 4.72. The number of fused-ring (bicyclic) bond motifs is 1. The van der Waals surface area contributed by atoms with E-state index in [9.17, 15) is 10.1 Å². The first-order chi connectivity index (χ1) is 12.5. The van der Waals surface area contributed by atoms with Gasteiger partial charge in [-0.3, -0.25) is 4.79 Å². The molecule has 4 heteroatoms. The molecule has 0 unspecified atom stereocenters. The first-order valence-electron chi connectivity index (χ1n) is 9.93. The molecule has 0 saturated carbocycles. The average molecular weight is 368 g/mol. The molecule has 0 fully saturated rings. The van der Waals surface area contributed by atoms with E-state index in [0.717, 1.165) is 47.2 Å². The van der Waals surface area contributed by atoms with Crippen molar-refractivity contribution in [2.75, 3.05) is 0 Å². The van der Waals surface area contributed by atoms with Crippen LogP contribution in [0.1, 0.15) is 84.7 Å². The lowest BCUT2D eigenvalue weighted by Gasteiger charge is -2.26. The summed E-state index contributed by atoms with van der Waals surface area (Å²) in [6.45, 7) is 14.9. The van der Waals surface area contributed by atoms with Gasteiger partial charge in [0.1, 0.15) is 11.6 Å². The average Bonchev–Trinajstić information content (AvgIpc) is 2.90. The highest BCUT2D eigenvalue weighted by molar-refractivity contribution is 5.83. The number of Topliss-reactive ketones (excluding diaryl/α,β-unsaturated/α-hetero) is 1. The molecule has 0 N–H and O–H groups in total. The first kappa shape index (κ1) is 21.2. The molecule has 2 rings (SSSR count). The highest BCUT2D eigenvalue weighted by atomic mass is 16.1. The van der Waals surface area contributed by atoms with Gasteiger partial charge in [0, 0.05) is 24.8 Å². The largest absolute Gasteiger partial charge is 0.322 e. The number of aromatic nitrogens is 2. The van der Waals surface area contributed by atoms with Gasteiger partial charge in [0.2, 0.25) is 0 Å². The Kier molecular flexibility index (Phi) is 6.14. The summed E-state index contributed by atoms with van der Waals surface area (Å²) in [6, 6.07) is 6.14. The van der Waals surface area contributed by atoms with Crippen LogP contribution in [0.15, 0.2) is 12.1 Å². The molecule has 27 heavy (non-hydrogen) atoms. The van der Waals surface area contributed by atoms with Crippen molar-refractivity contribution in [1.82, 2.24) is 9.55 Å². The van der Waals surface area contributed by atoms with Crippen LogP contribution in [0.4, 0.5) is 0 Å². The maximum absolute atomic E-state index is 12.2. The lowest BCUT2D eigenvalue weighted by atomic mass is 9.88. The van der Waals surface area contributed by atoms with Crippen molar-refractivity contribution in [2.45, 2.75) is 86.1 Å². The van der Waals surface area contributed by atoms with Crippen molar-refractivity contribution in [3.8, 4) is 6.07 Å². The third kappa shape index (κ3) is 4.97. The molecule has 2 aromatic rings. The van der Waals surface area contributed by atoms with E-state index in [-0.39, 0.29) is 11.0 Å². The smallest absolute Gasteiger partial charge is 0.133 e. The van der Waals surface area contributed by atoms with Crippen LogP contribution in [-0.2, 0) is 23.2 Å². The topological polar surface area (TPSA) is 58.7 Å². The number of hydrogen-bond acceptors (Lipinski definition) is 3. The second kappa shape index (κ2) is 7.84. The number of carbonyl (C=O) groups is 1. The predicted octanol–water partition coefficient (Wildman–Crippen LogP) is 5.55. The summed E-state index contributed by atoms with van der Waals surface area (Å²) in [6.07, 6.45) is 3.59. The van der Waals surface area contributed by atoms with E-state index >= 15 is 0 Å². The van der Waals surface area contributed by atoms with E-state index in [1.54, 1.807) is 0 Å². The van der Waals surface area contributed by atoms with Gasteiger partial charge in [0.25, 0.3) is 0 Å². The molecule has 0 aliphatic carbocycles. The summed E-state index contributed by atoms with van der Waals surface area (Å²) in [5.74, 6) is 1.33. The van der Waals surface area contributed by atoms with Gasteiger partial charge in [-0.1, -0.05) is 27.7 Å². The van der Waals surface area contributed by atoms with E-state index in [0.29, 0.717) is 18.6 Å². The zero-order valence-electron chi connectivity index (χ0n) is 17.9. The Morgan fingerprint density at radius 3 is 2.37 bits per heavy atom. The fraction of sp³-hybridized carbons (Fsp3) is 0.609. The van der Waals surface area contributed by atoms with Crippen LogP contribution < -0.4 is 0 Å². The molecule has 0 spiro atoms. The highest BCUT2D eigenvalue weighted by Gasteiger charge is 2.24. The van der Waals surface area contributed by atoms with E-state index in [1.807, 2.05) is 12.1 Å². The van der Waals surface area contributed by atoms with Crippen molar-refractivity contribution in [3.63, 3.8) is 0 Å². The zero-order valence-corrected chi connectivity index (χ0v) is 17.9. The number of nitriles is 1. The third-order valence-electron chi connectivity index (χ3n) is 4.72. The Morgan fingerprint density at radius 2 is 1.85 bits per heavy atom. The summed E-state index contributed by atoms with van der Waals surface area (Å²) in [7, 11) is 0. The number of aryl methyl sites for hydroxylation is 2. The van der Waals surface area contributed by atoms with Gasteiger partial charge < -0.3 is 4.57 Å². The van der Waals surface area contributed by atoms with E-state index < -0.39 is 0 Å². The van der Waals surface area contributed by atoms with Crippen LogP contribution in [0.25, 0.3) is 11.0 Å². The normalized spacial score (nSPS) is 12.4. The number of benzene rings is 1. The molecule has 0 saturated heterocycles. The second-order valence-corrected chi connectivity index (χ2v) is 9.59. The minimum atomic E-state index is -0.141. The molecule has 1 aromatic carbocycles. The van der Waals surface area contributed by atoms with Crippen LogP contribution >= 0.6 is 0 Å². The van der Waals surface area contributed by atoms with Gasteiger partial charge in [-0.2, -0.15) is 5.26 Å². The fourth-order valence-electron chi connectivity index (χ4n) is 3.76. The van der Waals surface area contributed by atoms with Crippen molar-refractivity contribution in [3.05, 3.63) is 29.1 Å². The van der Waals surface area contributed by atoms with Crippen LogP contribution in [-0.4, -0.2) is 15.3 Å². The van der Waals surface area contributed by atoms with Crippen molar-refractivity contribution >= 4 is 16.8 Å². The summed E-state index contributed by atoms with van der Waals surface area (Å²) in [5, 5.41) is 9.49. The van der Waals surface area contributed by atoms with Crippen LogP contribution in [0.2, 0.25) is 0 Å². The number of nitrogens with zero attached hydrogens (tertiary/aromatic N) is 3. The molecule has 0 atom stereocenters.